The third-order valence-electron chi connectivity index (χ3n) is 4.85. The molecular weight excluding hydrogens is 390 g/mol. The summed E-state index contributed by atoms with van der Waals surface area (Å²) < 4.78 is 27.5. The predicted octanol–water partition coefficient (Wildman–Crippen LogP) is 2.90. The largest absolute Gasteiger partial charge is 0.506 e. The van der Waals surface area contributed by atoms with Gasteiger partial charge < -0.3 is 15.0 Å². The molecule has 8 heteroatoms. The Kier molecular flexibility index (Phi) is 5.02. The number of carbonyl (C=O) groups excluding carboxylic acids is 1. The normalized spacial score (nSPS) is 15.4. The lowest BCUT2D eigenvalue weighted by Gasteiger charge is -2.18. The van der Waals surface area contributed by atoms with Gasteiger partial charge in [-0.15, -0.1) is 0 Å². The second kappa shape index (κ2) is 7.63. The number of aromatic hydroxyl groups is 1. The fourth-order valence-electron chi connectivity index (χ4n) is 3.38. The average molecular weight is 411 g/mol. The summed E-state index contributed by atoms with van der Waals surface area (Å²) in [6, 6.07) is 15.9. The minimum absolute atomic E-state index is 0.106. The number of rotatable bonds is 5. The first-order chi connectivity index (χ1) is 13.9. The van der Waals surface area contributed by atoms with Crippen LogP contribution in [0.5, 0.6) is 5.75 Å². The van der Waals surface area contributed by atoms with Crippen molar-refractivity contribution in [2.75, 3.05) is 21.9 Å². The van der Waals surface area contributed by atoms with Crippen LogP contribution in [0.2, 0.25) is 0 Å². The van der Waals surface area contributed by atoms with Crippen molar-refractivity contribution in [3.05, 3.63) is 72.6 Å². The van der Waals surface area contributed by atoms with E-state index in [-0.39, 0.29) is 29.5 Å². The van der Waals surface area contributed by atoms with Gasteiger partial charge in [0, 0.05) is 24.6 Å². The molecule has 0 unspecified atom stereocenters. The Balaban J connectivity index is 1.46. The molecule has 0 aliphatic carbocycles. The molecule has 0 atom stereocenters. The highest BCUT2D eigenvalue weighted by atomic mass is 32.2. The van der Waals surface area contributed by atoms with E-state index in [4.69, 9.17) is 0 Å². The Morgan fingerprint density at radius 1 is 1.03 bits per heavy atom. The summed E-state index contributed by atoms with van der Waals surface area (Å²) in [6.45, 7) is 0.397. The molecule has 1 aromatic heterocycles. The zero-order chi connectivity index (χ0) is 20.4. The fraction of sp³-hybridized carbons (Fsp3) is 0.190. The molecule has 29 heavy (non-hydrogen) atoms. The zero-order valence-corrected chi connectivity index (χ0v) is 16.5. The molecule has 0 bridgehead atoms. The van der Waals surface area contributed by atoms with E-state index in [0.29, 0.717) is 18.7 Å². The summed E-state index contributed by atoms with van der Waals surface area (Å²) in [5.41, 5.74) is 2.46. The SMILES string of the molecule is O=C(Cc1ccc(-n2cccc2)cc1)Nc1cc(N2CCCS2(=O)=O)ccc1O. The van der Waals surface area contributed by atoms with Gasteiger partial charge in [-0.3, -0.25) is 9.10 Å². The molecule has 3 aromatic rings. The summed E-state index contributed by atoms with van der Waals surface area (Å²) in [5.74, 6) is -0.300. The van der Waals surface area contributed by atoms with Gasteiger partial charge in [-0.05, 0) is 54.4 Å². The topological polar surface area (TPSA) is 91.6 Å². The van der Waals surface area contributed by atoms with Gasteiger partial charge in [-0.1, -0.05) is 12.1 Å². The van der Waals surface area contributed by atoms with E-state index >= 15 is 0 Å². The van der Waals surface area contributed by atoms with Crippen LogP contribution in [0.25, 0.3) is 5.69 Å². The van der Waals surface area contributed by atoms with Gasteiger partial charge in [0.2, 0.25) is 15.9 Å². The summed E-state index contributed by atoms with van der Waals surface area (Å²) in [7, 11) is -3.33. The summed E-state index contributed by atoms with van der Waals surface area (Å²) in [4.78, 5) is 12.4. The summed E-state index contributed by atoms with van der Waals surface area (Å²) >= 11 is 0. The molecule has 2 N–H and O–H groups in total. The molecule has 1 fully saturated rings. The van der Waals surface area contributed by atoms with Crippen molar-refractivity contribution in [1.29, 1.82) is 0 Å². The Bertz CT molecular complexity index is 1120. The van der Waals surface area contributed by atoms with Crippen LogP contribution in [0, 0.1) is 0 Å². The highest BCUT2D eigenvalue weighted by Crippen LogP contribution is 2.32. The van der Waals surface area contributed by atoms with Gasteiger partial charge >= 0.3 is 0 Å². The van der Waals surface area contributed by atoms with Crippen LogP contribution in [-0.4, -0.2) is 36.3 Å². The average Bonchev–Trinajstić information content (AvgIpc) is 3.34. The Morgan fingerprint density at radius 2 is 1.72 bits per heavy atom. The maximum absolute atomic E-state index is 12.4. The molecule has 0 saturated carbocycles. The van der Waals surface area contributed by atoms with Crippen molar-refractivity contribution in [3.8, 4) is 11.4 Å². The number of benzene rings is 2. The van der Waals surface area contributed by atoms with Crippen molar-refractivity contribution in [2.45, 2.75) is 12.8 Å². The van der Waals surface area contributed by atoms with Crippen molar-refractivity contribution < 1.29 is 18.3 Å². The minimum atomic E-state index is -3.33. The van der Waals surface area contributed by atoms with Gasteiger partial charge in [-0.25, -0.2) is 8.42 Å². The van der Waals surface area contributed by atoms with E-state index in [2.05, 4.69) is 5.32 Å². The Morgan fingerprint density at radius 3 is 2.38 bits per heavy atom. The maximum Gasteiger partial charge on any atom is 0.235 e. The number of hydrogen-bond acceptors (Lipinski definition) is 4. The molecule has 1 saturated heterocycles. The van der Waals surface area contributed by atoms with E-state index in [1.54, 1.807) is 0 Å². The second-order valence-corrected chi connectivity index (χ2v) is 8.94. The number of phenols is 1. The summed E-state index contributed by atoms with van der Waals surface area (Å²) in [5, 5.41) is 12.8. The zero-order valence-electron chi connectivity index (χ0n) is 15.7. The van der Waals surface area contributed by atoms with E-state index in [1.807, 2.05) is 53.4 Å². The number of sulfonamides is 1. The lowest BCUT2D eigenvalue weighted by Crippen LogP contribution is -2.25. The molecule has 2 heterocycles. The molecule has 150 valence electrons. The third kappa shape index (κ3) is 4.12. The van der Waals surface area contributed by atoms with Crippen LogP contribution in [0.15, 0.2) is 67.0 Å². The first-order valence-corrected chi connectivity index (χ1v) is 10.9. The van der Waals surface area contributed by atoms with E-state index in [1.165, 1.54) is 22.5 Å². The molecule has 1 aliphatic heterocycles. The number of anilines is 2. The minimum Gasteiger partial charge on any atom is -0.506 e. The second-order valence-electron chi connectivity index (χ2n) is 6.92. The van der Waals surface area contributed by atoms with Crippen LogP contribution >= 0.6 is 0 Å². The van der Waals surface area contributed by atoms with E-state index in [0.717, 1.165) is 11.3 Å². The number of nitrogens with zero attached hydrogens (tertiary/aromatic N) is 2. The monoisotopic (exact) mass is 411 g/mol. The molecule has 7 nitrogen and oxygen atoms in total. The van der Waals surface area contributed by atoms with Gasteiger partial charge in [0.25, 0.3) is 0 Å². The highest BCUT2D eigenvalue weighted by Gasteiger charge is 2.28. The lowest BCUT2D eigenvalue weighted by atomic mass is 10.1. The van der Waals surface area contributed by atoms with Crippen molar-refractivity contribution in [1.82, 2.24) is 4.57 Å². The van der Waals surface area contributed by atoms with Gasteiger partial charge in [0.05, 0.1) is 23.5 Å². The van der Waals surface area contributed by atoms with E-state index in [9.17, 15) is 18.3 Å². The highest BCUT2D eigenvalue weighted by molar-refractivity contribution is 7.93. The molecule has 1 aliphatic rings. The first-order valence-electron chi connectivity index (χ1n) is 9.28. The van der Waals surface area contributed by atoms with Crippen molar-refractivity contribution in [2.24, 2.45) is 0 Å². The van der Waals surface area contributed by atoms with Crippen molar-refractivity contribution in [3.63, 3.8) is 0 Å². The standard InChI is InChI=1S/C21H21N3O4S/c25-20-9-8-18(24-12-3-13-29(24,27)28)15-19(20)22-21(26)14-16-4-6-17(7-5-16)23-10-1-2-11-23/h1-2,4-11,15,25H,3,12-14H2,(H,22,26). The van der Waals surface area contributed by atoms with E-state index < -0.39 is 10.0 Å². The van der Waals surface area contributed by atoms with Crippen LogP contribution < -0.4 is 9.62 Å². The quantitative estimate of drug-likeness (QED) is 0.632. The van der Waals surface area contributed by atoms with Crippen LogP contribution in [0.4, 0.5) is 11.4 Å². The Hall–Kier alpha value is -3.26. The molecule has 0 radical (unpaired) electrons. The van der Waals surface area contributed by atoms with Crippen LogP contribution in [0.1, 0.15) is 12.0 Å². The van der Waals surface area contributed by atoms with Crippen LogP contribution in [-0.2, 0) is 21.2 Å². The number of carbonyl (C=O) groups is 1. The van der Waals surface area contributed by atoms with Gasteiger partial charge in [0.15, 0.2) is 0 Å². The number of nitrogens with one attached hydrogen (secondary N) is 1. The number of phenolic OH excluding ortho intramolecular Hbond substituents is 1. The number of hydrogen-bond donors (Lipinski definition) is 2. The molecular formula is C21H21N3O4S. The van der Waals surface area contributed by atoms with Gasteiger partial charge in [0.1, 0.15) is 5.75 Å². The fourth-order valence-corrected chi connectivity index (χ4v) is 4.94. The van der Waals surface area contributed by atoms with Crippen molar-refractivity contribution >= 4 is 27.3 Å². The molecule has 0 spiro atoms. The maximum atomic E-state index is 12.4. The summed E-state index contributed by atoms with van der Waals surface area (Å²) in [6.07, 6.45) is 4.58. The van der Waals surface area contributed by atoms with Gasteiger partial charge in [-0.2, -0.15) is 0 Å². The molecule has 4 rings (SSSR count). The smallest absolute Gasteiger partial charge is 0.235 e. The number of aromatic nitrogens is 1. The molecule has 1 amide bonds. The predicted molar refractivity (Wildman–Crippen MR) is 112 cm³/mol. The number of amides is 1. The first kappa shape index (κ1) is 19.1. The third-order valence-corrected chi connectivity index (χ3v) is 6.71. The Labute approximate surface area is 169 Å². The van der Waals surface area contributed by atoms with Crippen LogP contribution in [0.3, 0.4) is 0 Å². The lowest BCUT2D eigenvalue weighted by molar-refractivity contribution is -0.115. The molecule has 2 aromatic carbocycles.